The van der Waals surface area contributed by atoms with Gasteiger partial charge in [0.2, 0.25) is 0 Å². The number of hydrogen-bond acceptors (Lipinski definition) is 2. The zero-order valence-electron chi connectivity index (χ0n) is 8.14. The molecule has 0 amide bonds. The highest BCUT2D eigenvalue weighted by Gasteiger charge is 2.12. The van der Waals surface area contributed by atoms with Crippen LogP contribution in [0.4, 0.5) is 0 Å². The van der Waals surface area contributed by atoms with Crippen LogP contribution in [0.3, 0.4) is 0 Å². The van der Waals surface area contributed by atoms with E-state index < -0.39 is 0 Å². The Hall–Kier alpha value is -0.530. The smallest absolute Gasteiger partial charge is 0.308 e. The van der Waals surface area contributed by atoms with Gasteiger partial charge in [-0.1, -0.05) is 26.7 Å². The molecule has 0 aromatic carbocycles. The summed E-state index contributed by atoms with van der Waals surface area (Å²) in [5.41, 5.74) is 0. The lowest BCUT2D eigenvalue weighted by Gasteiger charge is -2.09. The molecular formula is C10H19O2. The first-order valence-electron chi connectivity index (χ1n) is 4.72. The highest BCUT2D eigenvalue weighted by Crippen LogP contribution is 2.08. The lowest BCUT2D eigenvalue weighted by atomic mass is 10.1. The van der Waals surface area contributed by atoms with Crippen LogP contribution in [0, 0.1) is 12.8 Å². The highest BCUT2D eigenvalue weighted by molar-refractivity contribution is 5.72. The largest absolute Gasteiger partial charge is 0.465 e. The van der Waals surface area contributed by atoms with E-state index in [1.807, 2.05) is 6.92 Å². The molecule has 0 bridgehead atoms. The number of hydrogen-bond donors (Lipinski definition) is 0. The molecular weight excluding hydrogens is 152 g/mol. The maximum atomic E-state index is 11.1. The Morgan fingerprint density at radius 3 is 2.58 bits per heavy atom. The van der Waals surface area contributed by atoms with Gasteiger partial charge < -0.3 is 4.74 Å². The van der Waals surface area contributed by atoms with E-state index in [9.17, 15) is 4.79 Å². The average Bonchev–Trinajstić information content (AvgIpc) is 2.10. The molecule has 12 heavy (non-hydrogen) atoms. The van der Waals surface area contributed by atoms with Crippen molar-refractivity contribution in [2.45, 2.75) is 39.5 Å². The molecule has 2 heteroatoms. The van der Waals surface area contributed by atoms with Gasteiger partial charge in [0, 0.05) is 0 Å². The molecule has 0 heterocycles. The summed E-state index contributed by atoms with van der Waals surface area (Å²) in [5.74, 6) is -0.318. The van der Waals surface area contributed by atoms with Gasteiger partial charge in [-0.15, -0.1) is 0 Å². The molecule has 0 spiro atoms. The third-order valence-electron chi connectivity index (χ3n) is 1.69. The first kappa shape index (κ1) is 11.5. The summed E-state index contributed by atoms with van der Waals surface area (Å²) in [6.45, 7) is 8.36. The molecule has 0 aliphatic carbocycles. The fourth-order valence-corrected chi connectivity index (χ4v) is 0.889. The maximum Gasteiger partial charge on any atom is 0.308 e. The van der Waals surface area contributed by atoms with Crippen molar-refractivity contribution in [1.29, 1.82) is 0 Å². The number of ether oxygens (including phenoxy) is 1. The quantitative estimate of drug-likeness (QED) is 0.574. The molecule has 0 aliphatic heterocycles. The second-order valence-corrected chi connectivity index (χ2v) is 3.01. The Morgan fingerprint density at radius 2 is 2.08 bits per heavy atom. The van der Waals surface area contributed by atoms with Gasteiger partial charge in [0.25, 0.3) is 0 Å². The van der Waals surface area contributed by atoms with Crippen LogP contribution in [0.15, 0.2) is 0 Å². The summed E-state index contributed by atoms with van der Waals surface area (Å²) < 4.78 is 4.95. The topological polar surface area (TPSA) is 26.3 Å². The molecule has 1 atom stereocenters. The van der Waals surface area contributed by atoms with Crippen molar-refractivity contribution in [3.8, 4) is 0 Å². The van der Waals surface area contributed by atoms with Crippen molar-refractivity contribution in [3.05, 3.63) is 6.92 Å². The zero-order valence-corrected chi connectivity index (χ0v) is 8.14. The zero-order chi connectivity index (χ0) is 9.40. The van der Waals surface area contributed by atoms with E-state index in [1.54, 1.807) is 0 Å². The van der Waals surface area contributed by atoms with Gasteiger partial charge in [0.05, 0.1) is 12.5 Å². The van der Waals surface area contributed by atoms with Crippen LogP contribution in [-0.4, -0.2) is 12.6 Å². The van der Waals surface area contributed by atoms with E-state index in [0.717, 1.165) is 25.7 Å². The van der Waals surface area contributed by atoms with E-state index in [4.69, 9.17) is 4.74 Å². The number of carbonyl (C=O) groups excluding carboxylic acids is 1. The molecule has 0 N–H and O–H groups in total. The molecule has 0 aliphatic rings. The molecule has 71 valence electrons. The minimum atomic E-state index is -0.170. The van der Waals surface area contributed by atoms with Gasteiger partial charge in [0.1, 0.15) is 0 Å². The third-order valence-corrected chi connectivity index (χ3v) is 1.69. The van der Waals surface area contributed by atoms with E-state index in [0.29, 0.717) is 6.61 Å². The summed E-state index contributed by atoms with van der Waals surface area (Å²) >= 11 is 0. The standard InChI is InChI=1S/C10H19O2/c1-4-6-7-9(3)10(11)12-8-5-2/h9H,3-8H2,1-2H3. The second-order valence-electron chi connectivity index (χ2n) is 3.01. The number of rotatable bonds is 6. The van der Waals surface area contributed by atoms with Gasteiger partial charge in [-0.05, 0) is 19.8 Å². The maximum absolute atomic E-state index is 11.1. The van der Waals surface area contributed by atoms with E-state index in [1.165, 1.54) is 0 Å². The second kappa shape index (κ2) is 7.14. The number of unbranched alkanes of at least 4 members (excludes halogenated alkanes) is 1. The molecule has 1 radical (unpaired) electrons. The molecule has 1 unspecified atom stereocenters. The highest BCUT2D eigenvalue weighted by atomic mass is 16.5. The van der Waals surface area contributed by atoms with Crippen LogP contribution >= 0.6 is 0 Å². The van der Waals surface area contributed by atoms with Crippen molar-refractivity contribution < 1.29 is 9.53 Å². The van der Waals surface area contributed by atoms with Gasteiger partial charge >= 0.3 is 5.97 Å². The van der Waals surface area contributed by atoms with Crippen molar-refractivity contribution in [3.63, 3.8) is 0 Å². The van der Waals surface area contributed by atoms with Crippen molar-refractivity contribution in [2.75, 3.05) is 6.61 Å². The molecule has 0 aromatic rings. The predicted molar refractivity (Wildman–Crippen MR) is 49.6 cm³/mol. The van der Waals surface area contributed by atoms with Gasteiger partial charge in [-0.2, -0.15) is 0 Å². The molecule has 0 rings (SSSR count). The number of carbonyl (C=O) groups is 1. The molecule has 2 nitrogen and oxygen atoms in total. The SMILES string of the molecule is [CH2]C(CCCC)C(=O)OCCC. The van der Waals surface area contributed by atoms with E-state index >= 15 is 0 Å². The molecule has 0 saturated carbocycles. The fourth-order valence-electron chi connectivity index (χ4n) is 0.889. The summed E-state index contributed by atoms with van der Waals surface area (Å²) in [6.07, 6.45) is 3.88. The van der Waals surface area contributed by atoms with Crippen LogP contribution in [0.1, 0.15) is 39.5 Å². The minimum absolute atomic E-state index is 0.148. The summed E-state index contributed by atoms with van der Waals surface area (Å²) in [5, 5.41) is 0. The van der Waals surface area contributed by atoms with Crippen LogP contribution < -0.4 is 0 Å². The molecule has 0 saturated heterocycles. The lowest BCUT2D eigenvalue weighted by Crippen LogP contribution is -2.15. The Balaban J connectivity index is 3.47. The van der Waals surface area contributed by atoms with Crippen LogP contribution in [0.2, 0.25) is 0 Å². The fraction of sp³-hybridized carbons (Fsp3) is 0.800. The van der Waals surface area contributed by atoms with Crippen LogP contribution in [0.5, 0.6) is 0 Å². The first-order valence-corrected chi connectivity index (χ1v) is 4.72. The van der Waals surface area contributed by atoms with Crippen molar-refractivity contribution in [2.24, 2.45) is 5.92 Å². The van der Waals surface area contributed by atoms with Crippen molar-refractivity contribution in [1.82, 2.24) is 0 Å². The van der Waals surface area contributed by atoms with Gasteiger partial charge in [0.15, 0.2) is 0 Å². The Labute approximate surface area is 75.3 Å². The van der Waals surface area contributed by atoms with E-state index in [-0.39, 0.29) is 11.9 Å². The van der Waals surface area contributed by atoms with E-state index in [2.05, 4.69) is 13.8 Å². The first-order chi connectivity index (χ1) is 5.72. The van der Waals surface area contributed by atoms with Crippen molar-refractivity contribution >= 4 is 5.97 Å². The molecule has 0 aromatic heterocycles. The Kier molecular flexibility index (Phi) is 6.82. The third kappa shape index (κ3) is 5.16. The van der Waals surface area contributed by atoms with Gasteiger partial charge in [-0.25, -0.2) is 0 Å². The van der Waals surface area contributed by atoms with Crippen LogP contribution in [0.25, 0.3) is 0 Å². The van der Waals surface area contributed by atoms with Crippen LogP contribution in [-0.2, 0) is 9.53 Å². The summed E-state index contributed by atoms with van der Waals surface area (Å²) in [7, 11) is 0. The molecule has 0 fully saturated rings. The minimum Gasteiger partial charge on any atom is -0.465 e. The van der Waals surface area contributed by atoms with Gasteiger partial charge in [-0.3, -0.25) is 4.79 Å². The lowest BCUT2D eigenvalue weighted by molar-refractivity contribution is -0.147. The Morgan fingerprint density at radius 1 is 1.42 bits per heavy atom. The monoisotopic (exact) mass is 171 g/mol. The normalized spacial score (nSPS) is 12.6. The predicted octanol–water partition coefficient (Wildman–Crippen LogP) is 2.58. The summed E-state index contributed by atoms with van der Waals surface area (Å²) in [4.78, 5) is 11.1. The Bertz CT molecular complexity index is 121. The number of esters is 1. The summed E-state index contributed by atoms with van der Waals surface area (Å²) in [6, 6.07) is 0. The average molecular weight is 171 g/mol.